The number of halogens is 3. The summed E-state index contributed by atoms with van der Waals surface area (Å²) in [5.74, 6) is -1.52. The molecule has 0 saturated heterocycles. The number of nitrogens with zero attached hydrogens (tertiary/aromatic N) is 3. The summed E-state index contributed by atoms with van der Waals surface area (Å²) < 4.78 is 40.7. The van der Waals surface area contributed by atoms with Crippen molar-refractivity contribution in [3.05, 3.63) is 63.7 Å². The van der Waals surface area contributed by atoms with Gasteiger partial charge in [0.15, 0.2) is 4.34 Å². The molecule has 10 nitrogen and oxygen atoms in total. The summed E-state index contributed by atoms with van der Waals surface area (Å²) in [6.45, 7) is 1.46. The molecule has 2 N–H and O–H groups in total. The molecule has 0 atom stereocenters. The van der Waals surface area contributed by atoms with E-state index in [4.69, 9.17) is 0 Å². The SMILES string of the molecule is Cc1c(C(=O)Nc2nnc(SCC(=O)Nc3ccc(OC(F)(F)F)cc3)s2)cccc1[N+](=O)[O-]. The van der Waals surface area contributed by atoms with Gasteiger partial charge in [-0.05, 0) is 37.3 Å². The van der Waals surface area contributed by atoms with Crippen molar-refractivity contribution >= 4 is 51.4 Å². The van der Waals surface area contributed by atoms with E-state index in [2.05, 4.69) is 25.6 Å². The van der Waals surface area contributed by atoms with E-state index in [0.717, 1.165) is 35.2 Å². The number of carbonyl (C=O) groups excluding carboxylic acids is 2. The molecule has 34 heavy (non-hydrogen) atoms. The van der Waals surface area contributed by atoms with E-state index in [9.17, 15) is 32.9 Å². The largest absolute Gasteiger partial charge is 0.573 e. The molecule has 0 radical (unpaired) electrons. The maximum absolute atomic E-state index is 12.5. The Kier molecular flexibility index (Phi) is 7.68. The van der Waals surface area contributed by atoms with Gasteiger partial charge in [0.2, 0.25) is 11.0 Å². The molecule has 0 aliphatic rings. The molecule has 178 valence electrons. The second-order valence-corrected chi connectivity index (χ2v) is 8.64. The highest BCUT2D eigenvalue weighted by atomic mass is 32.2. The van der Waals surface area contributed by atoms with E-state index in [1.807, 2.05) is 0 Å². The van der Waals surface area contributed by atoms with Crippen molar-refractivity contribution in [2.45, 2.75) is 17.6 Å². The van der Waals surface area contributed by atoms with Gasteiger partial charge in [0.1, 0.15) is 5.75 Å². The smallest absolute Gasteiger partial charge is 0.406 e. The molecule has 0 fully saturated rings. The molecule has 0 bridgehead atoms. The first kappa shape index (κ1) is 24.9. The van der Waals surface area contributed by atoms with Crippen LogP contribution in [0.2, 0.25) is 0 Å². The lowest BCUT2D eigenvalue weighted by Gasteiger charge is -2.09. The standard InChI is InChI=1S/C19H14F3N5O5S2/c1-10-13(3-2-4-14(10)27(30)31)16(29)24-17-25-26-18(34-17)33-9-15(28)23-11-5-7-12(8-6-11)32-19(20,21)22/h2-8H,9H2,1H3,(H,23,28)(H,24,25,29). The molecule has 1 aromatic heterocycles. The predicted octanol–water partition coefficient (Wildman–Crippen LogP) is 4.64. The summed E-state index contributed by atoms with van der Waals surface area (Å²) in [6.07, 6.45) is -4.81. The number of thioether (sulfide) groups is 1. The minimum atomic E-state index is -4.81. The van der Waals surface area contributed by atoms with Crippen molar-refractivity contribution in [2.24, 2.45) is 0 Å². The maximum atomic E-state index is 12.5. The lowest BCUT2D eigenvalue weighted by Crippen LogP contribution is -2.17. The second-order valence-electron chi connectivity index (χ2n) is 6.44. The highest BCUT2D eigenvalue weighted by molar-refractivity contribution is 8.01. The summed E-state index contributed by atoms with van der Waals surface area (Å²) in [6, 6.07) is 8.80. The molecule has 1 heterocycles. The number of carbonyl (C=O) groups is 2. The number of nitrogens with one attached hydrogen (secondary N) is 2. The van der Waals surface area contributed by atoms with Crippen molar-refractivity contribution in [1.29, 1.82) is 0 Å². The molecule has 3 aromatic rings. The quantitative estimate of drug-likeness (QED) is 0.192. The number of rotatable bonds is 8. The molecule has 3 rings (SSSR count). The molecular formula is C19H14F3N5O5S2. The maximum Gasteiger partial charge on any atom is 0.573 e. The number of anilines is 2. The number of amides is 2. The minimum Gasteiger partial charge on any atom is -0.406 e. The van der Waals surface area contributed by atoms with Gasteiger partial charge < -0.3 is 10.1 Å². The zero-order valence-electron chi connectivity index (χ0n) is 17.1. The average Bonchev–Trinajstić information content (AvgIpc) is 3.20. The number of hydrogen-bond acceptors (Lipinski definition) is 9. The van der Waals surface area contributed by atoms with E-state index in [0.29, 0.717) is 4.34 Å². The third kappa shape index (κ3) is 6.89. The summed E-state index contributed by atoms with van der Waals surface area (Å²) in [4.78, 5) is 35.0. The van der Waals surface area contributed by atoms with Crippen LogP contribution < -0.4 is 15.4 Å². The van der Waals surface area contributed by atoms with E-state index in [-0.39, 0.29) is 33.4 Å². The summed E-state index contributed by atoms with van der Waals surface area (Å²) in [5, 5.41) is 23.9. The van der Waals surface area contributed by atoms with Crippen LogP contribution in [0.1, 0.15) is 15.9 Å². The molecule has 2 aromatic carbocycles. The fourth-order valence-electron chi connectivity index (χ4n) is 2.61. The van der Waals surface area contributed by atoms with Gasteiger partial charge in [0, 0.05) is 22.9 Å². The van der Waals surface area contributed by atoms with Crippen molar-refractivity contribution in [1.82, 2.24) is 10.2 Å². The average molecular weight is 513 g/mol. The Labute approximate surface area is 197 Å². The van der Waals surface area contributed by atoms with Crippen LogP contribution in [0.4, 0.5) is 29.7 Å². The Bertz CT molecular complexity index is 1220. The first-order chi connectivity index (χ1) is 16.0. The van der Waals surface area contributed by atoms with E-state index in [1.54, 1.807) is 0 Å². The van der Waals surface area contributed by atoms with E-state index in [1.165, 1.54) is 37.3 Å². The topological polar surface area (TPSA) is 136 Å². The van der Waals surface area contributed by atoms with Crippen molar-refractivity contribution in [3.8, 4) is 5.75 Å². The Morgan fingerprint density at radius 3 is 2.50 bits per heavy atom. The number of hydrogen-bond donors (Lipinski definition) is 2. The molecule has 0 aliphatic carbocycles. The monoisotopic (exact) mass is 513 g/mol. The van der Waals surface area contributed by atoms with Crippen LogP contribution in [0.5, 0.6) is 5.75 Å². The lowest BCUT2D eigenvalue weighted by molar-refractivity contribution is -0.385. The summed E-state index contributed by atoms with van der Waals surface area (Å²) >= 11 is 2.03. The van der Waals surface area contributed by atoms with Gasteiger partial charge in [-0.2, -0.15) is 0 Å². The molecule has 0 unspecified atom stereocenters. The number of alkyl halides is 3. The highest BCUT2D eigenvalue weighted by Crippen LogP contribution is 2.28. The van der Waals surface area contributed by atoms with Crippen LogP contribution in [-0.4, -0.2) is 39.1 Å². The first-order valence-corrected chi connectivity index (χ1v) is 11.0. The Balaban J connectivity index is 1.52. The van der Waals surface area contributed by atoms with Crippen molar-refractivity contribution < 1.29 is 32.4 Å². The fourth-order valence-corrected chi connectivity index (χ4v) is 4.16. The summed E-state index contributed by atoms with van der Waals surface area (Å²) in [5.41, 5.74) is 0.413. The lowest BCUT2D eigenvalue weighted by atomic mass is 10.1. The zero-order chi connectivity index (χ0) is 24.9. The zero-order valence-corrected chi connectivity index (χ0v) is 18.7. The fraction of sp³-hybridized carbons (Fsp3) is 0.158. The van der Waals surface area contributed by atoms with Gasteiger partial charge >= 0.3 is 6.36 Å². The van der Waals surface area contributed by atoms with Crippen LogP contribution in [0.3, 0.4) is 0 Å². The van der Waals surface area contributed by atoms with Gasteiger partial charge in [0.05, 0.1) is 10.7 Å². The normalized spacial score (nSPS) is 11.1. The third-order valence-corrected chi connectivity index (χ3v) is 6.04. The van der Waals surface area contributed by atoms with Gasteiger partial charge in [-0.25, -0.2) is 0 Å². The van der Waals surface area contributed by atoms with Crippen molar-refractivity contribution in [3.63, 3.8) is 0 Å². The minimum absolute atomic E-state index is 0.0760. The van der Waals surface area contributed by atoms with Crippen LogP contribution in [-0.2, 0) is 4.79 Å². The number of aromatic nitrogens is 2. The molecule has 0 saturated carbocycles. The second kappa shape index (κ2) is 10.5. The van der Waals surface area contributed by atoms with Crippen LogP contribution in [0.25, 0.3) is 0 Å². The number of nitro groups is 1. The highest BCUT2D eigenvalue weighted by Gasteiger charge is 2.31. The number of benzene rings is 2. The van der Waals surface area contributed by atoms with Crippen molar-refractivity contribution in [2.75, 3.05) is 16.4 Å². The number of ether oxygens (including phenoxy) is 1. The van der Waals surface area contributed by atoms with Crippen LogP contribution >= 0.6 is 23.1 Å². The molecular weight excluding hydrogens is 499 g/mol. The van der Waals surface area contributed by atoms with Crippen LogP contribution in [0.15, 0.2) is 46.8 Å². The van der Waals surface area contributed by atoms with Crippen LogP contribution in [0, 0.1) is 17.0 Å². The molecule has 2 amide bonds. The first-order valence-electron chi connectivity index (χ1n) is 9.19. The van der Waals surface area contributed by atoms with Gasteiger partial charge in [-0.1, -0.05) is 29.2 Å². The van der Waals surface area contributed by atoms with E-state index < -0.39 is 28.8 Å². The van der Waals surface area contributed by atoms with E-state index >= 15 is 0 Å². The Hall–Kier alpha value is -3.72. The van der Waals surface area contributed by atoms with Gasteiger partial charge in [0.25, 0.3) is 11.6 Å². The Morgan fingerprint density at radius 1 is 1.15 bits per heavy atom. The number of nitro benzene ring substituents is 1. The van der Waals surface area contributed by atoms with Gasteiger partial charge in [-0.3, -0.25) is 25.0 Å². The summed E-state index contributed by atoms with van der Waals surface area (Å²) in [7, 11) is 0. The molecule has 0 aliphatic heterocycles. The Morgan fingerprint density at radius 2 is 1.85 bits per heavy atom. The van der Waals surface area contributed by atoms with Gasteiger partial charge in [-0.15, -0.1) is 23.4 Å². The predicted molar refractivity (Wildman–Crippen MR) is 118 cm³/mol. The third-order valence-electron chi connectivity index (χ3n) is 4.07. The molecule has 15 heteroatoms. The molecule has 0 spiro atoms.